The molecule has 0 N–H and O–H groups in total. The summed E-state index contributed by atoms with van der Waals surface area (Å²) in [7, 11) is 0. The summed E-state index contributed by atoms with van der Waals surface area (Å²) in [5.41, 5.74) is 1.09. The lowest BCUT2D eigenvalue weighted by Crippen LogP contribution is -3.00. The Kier molecular flexibility index (Phi) is 13.7. The SMILES string of the molecule is CC[N+](CC)(CC)CBr.Fc1c(F)c(I)c(F)c(I)c1F.[Br-]. The minimum atomic E-state index is -1.63. The van der Waals surface area contributed by atoms with Crippen molar-refractivity contribution in [1.29, 1.82) is 0 Å². The average molecular weight is 677 g/mol. The van der Waals surface area contributed by atoms with Crippen LogP contribution in [-0.4, -0.2) is 29.6 Å². The average Bonchev–Trinajstić information content (AvgIpc) is 2.52. The van der Waals surface area contributed by atoms with E-state index in [2.05, 4.69) is 36.7 Å². The molecule has 0 unspecified atom stereocenters. The molecule has 0 spiro atoms. The van der Waals surface area contributed by atoms with Gasteiger partial charge in [-0.05, 0) is 81.9 Å². The highest BCUT2D eigenvalue weighted by Gasteiger charge is 2.22. The molecule has 0 aliphatic carbocycles. The smallest absolute Gasteiger partial charge is 0.196 e. The molecule has 0 fully saturated rings. The number of rotatable bonds is 4. The van der Waals surface area contributed by atoms with E-state index in [0.29, 0.717) is 0 Å². The summed E-state index contributed by atoms with van der Waals surface area (Å²) >= 11 is 6.08. The highest BCUT2D eigenvalue weighted by molar-refractivity contribution is 14.1. The Morgan fingerprint density at radius 3 is 1.27 bits per heavy atom. The molecule has 0 atom stereocenters. The molecule has 0 radical (unpaired) electrons. The predicted molar refractivity (Wildman–Crippen MR) is 97.4 cm³/mol. The minimum Gasteiger partial charge on any atom is -1.00 e. The van der Waals surface area contributed by atoms with Gasteiger partial charge in [-0.2, -0.15) is 0 Å². The summed E-state index contributed by atoms with van der Waals surface area (Å²) in [5.74, 6) is -5.66. The van der Waals surface area contributed by atoms with E-state index in [-0.39, 0.29) is 17.0 Å². The van der Waals surface area contributed by atoms with Crippen LogP contribution < -0.4 is 17.0 Å². The van der Waals surface area contributed by atoms with Gasteiger partial charge in [0.1, 0.15) is 5.45 Å². The number of hydrogen-bond donors (Lipinski definition) is 0. The molecule has 0 bridgehead atoms. The Hall–Kier alpha value is 1.32. The molecule has 0 saturated carbocycles. The zero-order chi connectivity index (χ0) is 16.8. The van der Waals surface area contributed by atoms with Crippen LogP contribution in [0.25, 0.3) is 0 Å². The third-order valence-corrected chi connectivity index (χ3v) is 6.38. The van der Waals surface area contributed by atoms with E-state index in [9.17, 15) is 17.6 Å². The Balaban J connectivity index is 0. The fourth-order valence-corrected chi connectivity index (χ4v) is 4.10. The maximum absolute atomic E-state index is 12.8. The van der Waals surface area contributed by atoms with Crippen LogP contribution >= 0.6 is 61.1 Å². The van der Waals surface area contributed by atoms with E-state index in [0.717, 1.165) is 5.45 Å². The van der Waals surface area contributed by atoms with Crippen LogP contribution in [0.2, 0.25) is 0 Å². The van der Waals surface area contributed by atoms with Crippen molar-refractivity contribution < 1.29 is 39.0 Å². The van der Waals surface area contributed by atoms with Crippen molar-refractivity contribution in [2.75, 3.05) is 25.1 Å². The molecular weight excluding hydrogens is 660 g/mol. The molecule has 9 heteroatoms. The molecule has 22 heavy (non-hydrogen) atoms. The lowest BCUT2D eigenvalue weighted by Gasteiger charge is -2.33. The zero-order valence-corrected chi connectivity index (χ0v) is 19.8. The maximum atomic E-state index is 12.8. The molecule has 0 saturated heterocycles. The summed E-state index contributed by atoms with van der Waals surface area (Å²) in [6, 6.07) is 0. The van der Waals surface area contributed by atoms with E-state index in [1.165, 1.54) is 69.3 Å². The van der Waals surface area contributed by atoms with Gasteiger partial charge in [0, 0.05) is 0 Å². The van der Waals surface area contributed by atoms with Gasteiger partial charge in [-0.25, -0.2) is 17.6 Å². The zero-order valence-electron chi connectivity index (χ0n) is 12.3. The third-order valence-electron chi connectivity index (χ3n) is 3.42. The van der Waals surface area contributed by atoms with Crippen molar-refractivity contribution in [3.63, 3.8) is 0 Å². The van der Waals surface area contributed by atoms with E-state index < -0.39 is 30.4 Å². The lowest BCUT2D eigenvalue weighted by molar-refractivity contribution is -0.910. The van der Waals surface area contributed by atoms with E-state index in [1.807, 2.05) is 0 Å². The fraction of sp³-hybridized carbons (Fsp3) is 0.538. The summed E-state index contributed by atoms with van der Waals surface area (Å²) in [6.07, 6.45) is 0. The molecule has 0 amide bonds. The normalized spacial score (nSPS) is 10.6. The van der Waals surface area contributed by atoms with Crippen LogP contribution in [0, 0.1) is 30.4 Å². The molecule has 1 aromatic rings. The highest BCUT2D eigenvalue weighted by Crippen LogP contribution is 2.26. The van der Waals surface area contributed by atoms with Gasteiger partial charge < -0.3 is 21.5 Å². The standard InChI is InChI=1S/C7H17BrN.C6F4I2.BrH/c1-4-9(5-2,6-3)7-8;7-1-2(8)5(11)4(10)6(12)3(1)9;/h4-7H2,1-3H3;;1H/q+1;;/p-1. The van der Waals surface area contributed by atoms with Crippen molar-refractivity contribution in [1.82, 2.24) is 0 Å². The quantitative estimate of drug-likeness (QED) is 0.0876. The van der Waals surface area contributed by atoms with Crippen LogP contribution in [0.3, 0.4) is 0 Å². The Morgan fingerprint density at radius 1 is 0.773 bits per heavy atom. The summed E-state index contributed by atoms with van der Waals surface area (Å²) in [6.45, 7) is 10.4. The number of nitrogens with zero attached hydrogens (tertiary/aromatic N) is 1. The second-order valence-electron chi connectivity index (χ2n) is 4.29. The Labute approximate surface area is 175 Å². The molecule has 1 nitrogen and oxygen atoms in total. The van der Waals surface area contributed by atoms with Crippen molar-refractivity contribution in [2.24, 2.45) is 0 Å². The van der Waals surface area contributed by atoms with Crippen LogP contribution in [0.4, 0.5) is 17.6 Å². The van der Waals surface area contributed by atoms with Crippen LogP contribution in [0.15, 0.2) is 0 Å². The molecule has 0 aliphatic heterocycles. The van der Waals surface area contributed by atoms with E-state index in [1.54, 1.807) is 0 Å². The fourth-order valence-electron chi connectivity index (χ4n) is 1.50. The summed E-state index contributed by atoms with van der Waals surface area (Å²) < 4.78 is 50.5. The first-order chi connectivity index (χ1) is 9.71. The van der Waals surface area contributed by atoms with Gasteiger partial charge >= 0.3 is 0 Å². The van der Waals surface area contributed by atoms with Crippen molar-refractivity contribution in [3.8, 4) is 0 Å². The van der Waals surface area contributed by atoms with Crippen LogP contribution in [-0.2, 0) is 0 Å². The van der Waals surface area contributed by atoms with E-state index >= 15 is 0 Å². The molecular formula is C13H17Br2F4I2N. The molecule has 0 aliphatic rings. The van der Waals surface area contributed by atoms with Crippen molar-refractivity contribution >= 4 is 61.1 Å². The molecule has 1 aromatic carbocycles. The molecule has 1 rings (SSSR count). The van der Waals surface area contributed by atoms with E-state index in [4.69, 9.17) is 0 Å². The molecule has 0 heterocycles. The van der Waals surface area contributed by atoms with Gasteiger partial charge in [0.2, 0.25) is 0 Å². The van der Waals surface area contributed by atoms with Gasteiger partial charge in [-0.15, -0.1) is 0 Å². The van der Waals surface area contributed by atoms with Gasteiger partial charge in [0.15, 0.2) is 23.3 Å². The summed E-state index contributed by atoms with van der Waals surface area (Å²) in [4.78, 5) is 0. The Bertz CT molecular complexity index is 363. The number of alkyl halides is 1. The highest BCUT2D eigenvalue weighted by atomic mass is 127. The number of quaternary nitrogens is 1. The first-order valence-electron chi connectivity index (χ1n) is 6.29. The number of benzene rings is 1. The van der Waals surface area contributed by atoms with Gasteiger partial charge in [0.25, 0.3) is 0 Å². The predicted octanol–water partition coefficient (Wildman–Crippen LogP) is 2.67. The second-order valence-corrected chi connectivity index (χ2v) is 6.95. The summed E-state index contributed by atoms with van der Waals surface area (Å²) in [5, 5.41) is 0. The number of hydrogen-bond acceptors (Lipinski definition) is 0. The third kappa shape index (κ3) is 6.32. The van der Waals surface area contributed by atoms with Gasteiger partial charge in [0.05, 0.1) is 26.8 Å². The van der Waals surface area contributed by atoms with Crippen molar-refractivity contribution in [2.45, 2.75) is 20.8 Å². The first-order valence-corrected chi connectivity index (χ1v) is 9.57. The molecule has 0 aromatic heterocycles. The largest absolute Gasteiger partial charge is 1.00 e. The van der Waals surface area contributed by atoms with Crippen molar-refractivity contribution in [3.05, 3.63) is 30.4 Å². The van der Waals surface area contributed by atoms with Gasteiger partial charge in [-0.3, -0.25) is 0 Å². The Morgan fingerprint density at radius 2 is 1.09 bits per heavy atom. The van der Waals surface area contributed by atoms with Crippen LogP contribution in [0.1, 0.15) is 20.8 Å². The first kappa shape index (κ1) is 25.6. The maximum Gasteiger partial charge on any atom is 0.196 e. The van der Waals surface area contributed by atoms with Crippen LogP contribution in [0.5, 0.6) is 0 Å². The topological polar surface area (TPSA) is 0 Å². The van der Waals surface area contributed by atoms with Gasteiger partial charge in [-0.1, -0.05) is 0 Å². The lowest BCUT2D eigenvalue weighted by atomic mass is 10.3. The second kappa shape index (κ2) is 11.8. The minimum absolute atomic E-state index is 0. The number of halogens is 8. The monoisotopic (exact) mass is 675 g/mol. The molecule has 130 valence electrons.